The summed E-state index contributed by atoms with van der Waals surface area (Å²) >= 11 is 0. The molecule has 2 atom stereocenters. The standard InChI is InChI=1S/C8H18O2/c1-5-7(10)8(3,4)6(2)9/h6-7,9-10H,5H2,1-4H3. The molecule has 0 aliphatic rings. The average Bonchev–Trinajstić information content (AvgIpc) is 1.86. The fraction of sp³-hybridized carbons (Fsp3) is 1.00. The molecule has 0 aliphatic carbocycles. The van der Waals surface area contributed by atoms with Gasteiger partial charge in [0, 0.05) is 5.41 Å². The van der Waals surface area contributed by atoms with Gasteiger partial charge >= 0.3 is 0 Å². The molecule has 10 heavy (non-hydrogen) atoms. The van der Waals surface area contributed by atoms with Gasteiger partial charge in [-0.05, 0) is 13.3 Å². The fourth-order valence-electron chi connectivity index (χ4n) is 0.805. The Balaban J connectivity index is 4.09. The number of aliphatic hydroxyl groups excluding tert-OH is 2. The van der Waals surface area contributed by atoms with Crippen molar-refractivity contribution in [2.45, 2.75) is 46.3 Å². The first-order valence-electron chi connectivity index (χ1n) is 3.79. The van der Waals surface area contributed by atoms with E-state index in [1.54, 1.807) is 6.92 Å². The summed E-state index contributed by atoms with van der Waals surface area (Å²) in [5, 5.41) is 18.6. The van der Waals surface area contributed by atoms with Crippen molar-refractivity contribution >= 4 is 0 Å². The lowest BCUT2D eigenvalue weighted by Gasteiger charge is -2.32. The van der Waals surface area contributed by atoms with Crippen LogP contribution in [-0.2, 0) is 0 Å². The van der Waals surface area contributed by atoms with Crippen LogP contribution in [0.1, 0.15) is 34.1 Å². The van der Waals surface area contributed by atoms with Crippen LogP contribution in [0.15, 0.2) is 0 Å². The minimum atomic E-state index is -0.456. The number of hydrogen-bond acceptors (Lipinski definition) is 2. The molecular weight excluding hydrogens is 128 g/mol. The molecule has 2 nitrogen and oxygen atoms in total. The summed E-state index contributed by atoms with van der Waals surface area (Å²) in [7, 11) is 0. The van der Waals surface area contributed by atoms with Gasteiger partial charge in [0.2, 0.25) is 0 Å². The van der Waals surface area contributed by atoms with Gasteiger partial charge in [-0.25, -0.2) is 0 Å². The zero-order valence-corrected chi connectivity index (χ0v) is 7.26. The van der Waals surface area contributed by atoms with E-state index in [1.165, 1.54) is 0 Å². The number of aliphatic hydroxyl groups is 2. The molecule has 0 heterocycles. The van der Waals surface area contributed by atoms with Crippen molar-refractivity contribution in [2.24, 2.45) is 5.41 Å². The first kappa shape index (κ1) is 9.92. The summed E-state index contributed by atoms with van der Waals surface area (Å²) in [6.07, 6.45) is -0.173. The van der Waals surface area contributed by atoms with Crippen molar-refractivity contribution in [2.75, 3.05) is 0 Å². The molecule has 2 N–H and O–H groups in total. The molecule has 0 aliphatic heterocycles. The van der Waals surface area contributed by atoms with Gasteiger partial charge in [-0.3, -0.25) is 0 Å². The molecule has 0 radical (unpaired) electrons. The maximum absolute atomic E-state index is 9.40. The minimum Gasteiger partial charge on any atom is -0.393 e. The van der Waals surface area contributed by atoms with E-state index in [1.807, 2.05) is 20.8 Å². The zero-order valence-electron chi connectivity index (χ0n) is 7.26. The molecule has 0 saturated carbocycles. The second-order valence-electron chi connectivity index (χ2n) is 3.42. The van der Waals surface area contributed by atoms with Crippen LogP contribution in [0.2, 0.25) is 0 Å². The van der Waals surface area contributed by atoms with Crippen molar-refractivity contribution in [3.63, 3.8) is 0 Å². The summed E-state index contributed by atoms with van der Waals surface area (Å²) in [6.45, 7) is 7.35. The molecule has 2 unspecified atom stereocenters. The summed E-state index contributed by atoms with van der Waals surface area (Å²) in [5.41, 5.74) is -0.380. The Morgan fingerprint density at radius 2 is 1.70 bits per heavy atom. The molecule has 62 valence electrons. The Kier molecular flexibility index (Phi) is 3.33. The maximum Gasteiger partial charge on any atom is 0.0613 e. The maximum atomic E-state index is 9.40. The van der Waals surface area contributed by atoms with Crippen molar-refractivity contribution in [1.82, 2.24) is 0 Å². The van der Waals surface area contributed by atoms with E-state index in [0.717, 1.165) is 0 Å². The molecule has 0 aromatic rings. The molecule has 0 fully saturated rings. The van der Waals surface area contributed by atoms with Crippen molar-refractivity contribution in [3.8, 4) is 0 Å². The van der Waals surface area contributed by atoms with Crippen LogP contribution in [0.3, 0.4) is 0 Å². The molecule has 0 aromatic heterocycles. The normalized spacial score (nSPS) is 18.6. The summed E-state index contributed by atoms with van der Waals surface area (Å²) < 4.78 is 0. The van der Waals surface area contributed by atoms with Crippen molar-refractivity contribution in [3.05, 3.63) is 0 Å². The van der Waals surface area contributed by atoms with E-state index >= 15 is 0 Å². The Morgan fingerprint density at radius 3 is 1.80 bits per heavy atom. The van der Waals surface area contributed by atoms with Crippen molar-refractivity contribution in [1.29, 1.82) is 0 Å². The summed E-state index contributed by atoms with van der Waals surface area (Å²) in [6, 6.07) is 0. The highest BCUT2D eigenvalue weighted by Crippen LogP contribution is 2.26. The van der Waals surface area contributed by atoms with E-state index in [2.05, 4.69) is 0 Å². The highest BCUT2D eigenvalue weighted by molar-refractivity contribution is 4.81. The van der Waals surface area contributed by atoms with Gasteiger partial charge < -0.3 is 10.2 Å². The second-order valence-corrected chi connectivity index (χ2v) is 3.42. The molecule has 0 amide bonds. The monoisotopic (exact) mass is 146 g/mol. The van der Waals surface area contributed by atoms with Gasteiger partial charge in [-0.1, -0.05) is 20.8 Å². The van der Waals surface area contributed by atoms with Crippen LogP contribution in [0, 0.1) is 5.41 Å². The quantitative estimate of drug-likeness (QED) is 0.627. The predicted octanol–water partition coefficient (Wildman–Crippen LogP) is 1.16. The number of hydrogen-bond donors (Lipinski definition) is 2. The topological polar surface area (TPSA) is 40.5 Å². The molecular formula is C8H18O2. The largest absolute Gasteiger partial charge is 0.393 e. The van der Waals surface area contributed by atoms with E-state index in [4.69, 9.17) is 0 Å². The van der Waals surface area contributed by atoms with E-state index < -0.39 is 12.2 Å². The first-order valence-corrected chi connectivity index (χ1v) is 3.79. The third kappa shape index (κ3) is 1.96. The Labute approximate surface area is 62.9 Å². The SMILES string of the molecule is CCC(O)C(C)(C)C(C)O. The summed E-state index contributed by atoms with van der Waals surface area (Å²) in [4.78, 5) is 0. The second kappa shape index (κ2) is 3.35. The highest BCUT2D eigenvalue weighted by Gasteiger charge is 2.31. The number of rotatable bonds is 3. The predicted molar refractivity (Wildman–Crippen MR) is 41.8 cm³/mol. The summed E-state index contributed by atoms with van der Waals surface area (Å²) in [5.74, 6) is 0. The Hall–Kier alpha value is -0.0800. The molecule has 0 saturated heterocycles. The third-order valence-electron chi connectivity index (χ3n) is 2.32. The van der Waals surface area contributed by atoms with Gasteiger partial charge in [0.25, 0.3) is 0 Å². The minimum absolute atomic E-state index is 0.380. The van der Waals surface area contributed by atoms with Crippen LogP contribution in [-0.4, -0.2) is 22.4 Å². The zero-order chi connectivity index (χ0) is 8.36. The van der Waals surface area contributed by atoms with Crippen LogP contribution in [0.4, 0.5) is 0 Å². The van der Waals surface area contributed by atoms with Crippen LogP contribution in [0.25, 0.3) is 0 Å². The van der Waals surface area contributed by atoms with E-state index in [9.17, 15) is 10.2 Å². The van der Waals surface area contributed by atoms with Crippen LogP contribution in [0.5, 0.6) is 0 Å². The first-order chi connectivity index (χ1) is 4.42. The van der Waals surface area contributed by atoms with Gasteiger partial charge in [-0.2, -0.15) is 0 Å². The Morgan fingerprint density at radius 1 is 1.30 bits per heavy atom. The highest BCUT2D eigenvalue weighted by atomic mass is 16.3. The lowest BCUT2D eigenvalue weighted by Crippen LogP contribution is -2.38. The average molecular weight is 146 g/mol. The molecule has 0 bridgehead atoms. The van der Waals surface area contributed by atoms with Gasteiger partial charge in [-0.15, -0.1) is 0 Å². The van der Waals surface area contributed by atoms with E-state index in [0.29, 0.717) is 6.42 Å². The van der Waals surface area contributed by atoms with Crippen molar-refractivity contribution < 1.29 is 10.2 Å². The smallest absolute Gasteiger partial charge is 0.0613 e. The molecule has 0 aromatic carbocycles. The lowest BCUT2D eigenvalue weighted by atomic mass is 9.80. The fourth-order valence-corrected chi connectivity index (χ4v) is 0.805. The van der Waals surface area contributed by atoms with Gasteiger partial charge in [0.1, 0.15) is 0 Å². The molecule has 0 rings (SSSR count). The molecule has 2 heteroatoms. The van der Waals surface area contributed by atoms with Gasteiger partial charge in [0.05, 0.1) is 12.2 Å². The molecule has 0 spiro atoms. The Bertz CT molecular complexity index is 97.4. The van der Waals surface area contributed by atoms with E-state index in [-0.39, 0.29) is 5.41 Å². The van der Waals surface area contributed by atoms with Gasteiger partial charge in [0.15, 0.2) is 0 Å². The van der Waals surface area contributed by atoms with Crippen LogP contribution < -0.4 is 0 Å². The third-order valence-corrected chi connectivity index (χ3v) is 2.32. The lowest BCUT2D eigenvalue weighted by molar-refractivity contribution is -0.0397. The van der Waals surface area contributed by atoms with Crippen LogP contribution >= 0.6 is 0 Å².